The highest BCUT2D eigenvalue weighted by Crippen LogP contribution is 2.24. The number of methoxy groups -OCH3 is 1. The standard InChI is InChI=1S/C17H17N3O/c1-21-15-9-5-6-13(12-15)17(18)16-10-11-19-20(16)14-7-3-2-4-8-14/h2-12,17H,18H2,1H3. The number of aromatic nitrogens is 2. The molecule has 0 aliphatic heterocycles. The van der Waals surface area contributed by atoms with Crippen molar-refractivity contribution < 1.29 is 4.74 Å². The molecule has 2 N–H and O–H groups in total. The minimum Gasteiger partial charge on any atom is -0.497 e. The number of benzene rings is 2. The van der Waals surface area contributed by atoms with Crippen LogP contribution in [-0.2, 0) is 0 Å². The van der Waals surface area contributed by atoms with E-state index in [0.717, 1.165) is 22.7 Å². The maximum atomic E-state index is 6.41. The van der Waals surface area contributed by atoms with Crippen LogP contribution in [0.5, 0.6) is 5.75 Å². The van der Waals surface area contributed by atoms with E-state index in [2.05, 4.69) is 5.10 Å². The van der Waals surface area contributed by atoms with Crippen LogP contribution in [0.25, 0.3) is 5.69 Å². The van der Waals surface area contributed by atoms with Gasteiger partial charge in [0.2, 0.25) is 0 Å². The van der Waals surface area contributed by atoms with E-state index in [9.17, 15) is 0 Å². The molecule has 0 fully saturated rings. The summed E-state index contributed by atoms with van der Waals surface area (Å²) in [6.45, 7) is 0. The first-order valence-corrected chi connectivity index (χ1v) is 6.78. The Bertz CT molecular complexity index is 722. The molecule has 0 aliphatic rings. The number of nitrogens with two attached hydrogens (primary N) is 1. The van der Waals surface area contributed by atoms with Gasteiger partial charge in [0.25, 0.3) is 0 Å². The molecule has 3 rings (SSSR count). The van der Waals surface area contributed by atoms with Gasteiger partial charge in [-0.3, -0.25) is 0 Å². The van der Waals surface area contributed by atoms with E-state index in [1.54, 1.807) is 13.3 Å². The first kappa shape index (κ1) is 13.4. The van der Waals surface area contributed by atoms with E-state index in [0.29, 0.717) is 0 Å². The highest BCUT2D eigenvalue weighted by molar-refractivity contribution is 5.38. The predicted molar refractivity (Wildman–Crippen MR) is 82.6 cm³/mol. The second-order valence-electron chi connectivity index (χ2n) is 4.76. The molecule has 0 saturated heterocycles. The SMILES string of the molecule is COc1cccc(C(N)c2ccnn2-c2ccccc2)c1. The van der Waals surface area contributed by atoms with Crippen molar-refractivity contribution >= 4 is 0 Å². The number of ether oxygens (including phenoxy) is 1. The quantitative estimate of drug-likeness (QED) is 0.799. The van der Waals surface area contributed by atoms with Crippen molar-refractivity contribution in [2.24, 2.45) is 5.73 Å². The molecule has 0 bridgehead atoms. The molecule has 2 aromatic carbocycles. The van der Waals surface area contributed by atoms with Crippen molar-refractivity contribution in [3.8, 4) is 11.4 Å². The van der Waals surface area contributed by atoms with Gasteiger partial charge in [-0.25, -0.2) is 4.68 Å². The average molecular weight is 279 g/mol. The Morgan fingerprint density at radius 1 is 1.05 bits per heavy atom. The molecule has 3 aromatic rings. The Hall–Kier alpha value is -2.59. The zero-order valence-corrected chi connectivity index (χ0v) is 11.8. The molecule has 106 valence electrons. The Labute approximate surface area is 123 Å². The maximum absolute atomic E-state index is 6.41. The van der Waals surface area contributed by atoms with Gasteiger partial charge in [-0.05, 0) is 35.9 Å². The normalized spacial score (nSPS) is 12.1. The lowest BCUT2D eigenvalue weighted by Gasteiger charge is -2.15. The predicted octanol–water partition coefficient (Wildman–Crippen LogP) is 2.93. The van der Waals surface area contributed by atoms with Crippen molar-refractivity contribution in [2.75, 3.05) is 7.11 Å². The highest BCUT2D eigenvalue weighted by Gasteiger charge is 2.15. The van der Waals surface area contributed by atoms with E-state index < -0.39 is 0 Å². The van der Waals surface area contributed by atoms with E-state index in [1.165, 1.54) is 0 Å². The van der Waals surface area contributed by atoms with Gasteiger partial charge < -0.3 is 10.5 Å². The van der Waals surface area contributed by atoms with E-state index in [-0.39, 0.29) is 6.04 Å². The van der Waals surface area contributed by atoms with Crippen LogP contribution < -0.4 is 10.5 Å². The van der Waals surface area contributed by atoms with Gasteiger partial charge in [0, 0.05) is 6.20 Å². The van der Waals surface area contributed by atoms with Crippen LogP contribution in [0.15, 0.2) is 66.9 Å². The van der Waals surface area contributed by atoms with Crippen molar-refractivity contribution in [2.45, 2.75) is 6.04 Å². The van der Waals surface area contributed by atoms with Gasteiger partial charge in [0.15, 0.2) is 0 Å². The molecule has 21 heavy (non-hydrogen) atoms. The van der Waals surface area contributed by atoms with Crippen LogP contribution in [0, 0.1) is 0 Å². The largest absolute Gasteiger partial charge is 0.497 e. The molecular weight excluding hydrogens is 262 g/mol. The van der Waals surface area contributed by atoms with Crippen LogP contribution >= 0.6 is 0 Å². The van der Waals surface area contributed by atoms with E-state index >= 15 is 0 Å². The van der Waals surface area contributed by atoms with Crippen LogP contribution in [0.4, 0.5) is 0 Å². The summed E-state index contributed by atoms with van der Waals surface area (Å²) in [6.07, 6.45) is 1.77. The van der Waals surface area contributed by atoms with E-state index in [1.807, 2.05) is 65.3 Å². The van der Waals surface area contributed by atoms with Gasteiger partial charge in [-0.1, -0.05) is 30.3 Å². The van der Waals surface area contributed by atoms with Gasteiger partial charge in [0.05, 0.1) is 24.5 Å². The average Bonchev–Trinajstić information content (AvgIpc) is 3.04. The van der Waals surface area contributed by atoms with Crippen molar-refractivity contribution in [1.82, 2.24) is 9.78 Å². The summed E-state index contributed by atoms with van der Waals surface area (Å²) in [5, 5.41) is 4.38. The second kappa shape index (κ2) is 5.81. The summed E-state index contributed by atoms with van der Waals surface area (Å²) in [5.74, 6) is 0.800. The summed E-state index contributed by atoms with van der Waals surface area (Å²) >= 11 is 0. The molecule has 1 aromatic heterocycles. The first-order chi connectivity index (χ1) is 10.3. The fourth-order valence-electron chi connectivity index (χ4n) is 2.34. The Balaban J connectivity index is 1.99. The lowest BCUT2D eigenvalue weighted by molar-refractivity contribution is 0.414. The molecule has 1 unspecified atom stereocenters. The molecular formula is C17H17N3O. The summed E-state index contributed by atoms with van der Waals surface area (Å²) in [5.41, 5.74) is 9.33. The zero-order chi connectivity index (χ0) is 14.7. The number of hydrogen-bond acceptors (Lipinski definition) is 3. The summed E-state index contributed by atoms with van der Waals surface area (Å²) in [7, 11) is 1.65. The number of para-hydroxylation sites is 1. The molecule has 0 amide bonds. The first-order valence-electron chi connectivity index (χ1n) is 6.78. The van der Waals surface area contributed by atoms with Crippen LogP contribution in [0.1, 0.15) is 17.3 Å². The van der Waals surface area contributed by atoms with Gasteiger partial charge in [-0.15, -0.1) is 0 Å². The Morgan fingerprint density at radius 3 is 2.62 bits per heavy atom. The fraction of sp³-hybridized carbons (Fsp3) is 0.118. The number of rotatable bonds is 4. The summed E-state index contributed by atoms with van der Waals surface area (Å²) in [4.78, 5) is 0. The lowest BCUT2D eigenvalue weighted by Crippen LogP contribution is -2.16. The molecule has 4 heteroatoms. The van der Waals surface area contributed by atoms with Crippen LogP contribution in [0.3, 0.4) is 0 Å². The Kier molecular flexibility index (Phi) is 3.71. The van der Waals surface area contributed by atoms with Crippen molar-refractivity contribution in [3.05, 3.63) is 78.1 Å². The molecule has 0 spiro atoms. The van der Waals surface area contributed by atoms with E-state index in [4.69, 9.17) is 10.5 Å². The third-order valence-corrected chi connectivity index (χ3v) is 3.44. The van der Waals surface area contributed by atoms with Gasteiger partial charge >= 0.3 is 0 Å². The Morgan fingerprint density at radius 2 is 1.86 bits per heavy atom. The second-order valence-corrected chi connectivity index (χ2v) is 4.76. The molecule has 0 saturated carbocycles. The smallest absolute Gasteiger partial charge is 0.119 e. The molecule has 0 radical (unpaired) electrons. The number of hydrogen-bond donors (Lipinski definition) is 1. The third kappa shape index (κ3) is 2.66. The van der Waals surface area contributed by atoms with Crippen molar-refractivity contribution in [1.29, 1.82) is 0 Å². The highest BCUT2D eigenvalue weighted by atomic mass is 16.5. The van der Waals surface area contributed by atoms with Gasteiger partial charge in [-0.2, -0.15) is 5.10 Å². The van der Waals surface area contributed by atoms with Crippen molar-refractivity contribution in [3.63, 3.8) is 0 Å². The molecule has 1 atom stereocenters. The number of nitrogens with zero attached hydrogens (tertiary/aromatic N) is 2. The lowest BCUT2D eigenvalue weighted by atomic mass is 10.0. The topological polar surface area (TPSA) is 53.1 Å². The minimum atomic E-state index is -0.261. The maximum Gasteiger partial charge on any atom is 0.119 e. The molecule has 0 aliphatic carbocycles. The van der Waals surface area contributed by atoms with Gasteiger partial charge in [0.1, 0.15) is 5.75 Å². The van der Waals surface area contributed by atoms with Crippen LogP contribution in [-0.4, -0.2) is 16.9 Å². The fourth-order valence-corrected chi connectivity index (χ4v) is 2.34. The summed E-state index contributed by atoms with van der Waals surface area (Å²) < 4.78 is 7.12. The minimum absolute atomic E-state index is 0.261. The third-order valence-electron chi connectivity index (χ3n) is 3.44. The molecule has 4 nitrogen and oxygen atoms in total. The molecule has 1 heterocycles. The van der Waals surface area contributed by atoms with Crippen LogP contribution in [0.2, 0.25) is 0 Å². The summed E-state index contributed by atoms with van der Waals surface area (Å²) in [6, 6.07) is 19.4. The monoisotopic (exact) mass is 279 g/mol. The zero-order valence-electron chi connectivity index (χ0n) is 11.8.